The van der Waals surface area contributed by atoms with Crippen LogP contribution in [-0.4, -0.2) is 34.1 Å². The molecule has 0 bridgehead atoms. The van der Waals surface area contributed by atoms with E-state index in [0.29, 0.717) is 0 Å². The van der Waals surface area contributed by atoms with E-state index in [1.807, 2.05) is 0 Å². The number of hydrogen-bond donors (Lipinski definition) is 3. The van der Waals surface area contributed by atoms with Gasteiger partial charge < -0.3 is 16.2 Å². The van der Waals surface area contributed by atoms with E-state index in [9.17, 15) is 18.9 Å². The van der Waals surface area contributed by atoms with Crippen LogP contribution >= 0.6 is 0 Å². The molecule has 7 nitrogen and oxygen atoms in total. The van der Waals surface area contributed by atoms with Crippen LogP contribution in [0.15, 0.2) is 12.1 Å². The average molecular weight is 248 g/mol. The summed E-state index contributed by atoms with van der Waals surface area (Å²) in [5.74, 6) is -0.162. The van der Waals surface area contributed by atoms with Crippen LogP contribution < -0.4 is 11.1 Å². The summed E-state index contributed by atoms with van der Waals surface area (Å²) in [7, 11) is 0. The van der Waals surface area contributed by atoms with Crippen LogP contribution in [0.1, 0.15) is 0 Å². The number of pyridine rings is 1. The maximum Gasteiger partial charge on any atom is 0.276 e. The predicted octanol–water partition coefficient (Wildman–Crippen LogP) is 0.610. The van der Waals surface area contributed by atoms with Crippen molar-refractivity contribution in [3.63, 3.8) is 0 Å². The Morgan fingerprint density at radius 3 is 2.76 bits per heavy atom. The van der Waals surface area contributed by atoms with Crippen LogP contribution in [-0.2, 0) is 0 Å². The van der Waals surface area contributed by atoms with Gasteiger partial charge in [-0.25, -0.2) is 13.8 Å². The summed E-state index contributed by atoms with van der Waals surface area (Å²) in [6, 6.07) is 2.07. The average Bonchev–Trinajstić information content (AvgIpc) is 2.24. The largest absolute Gasteiger partial charge is 0.385 e. The minimum atomic E-state index is -2.90. The van der Waals surface area contributed by atoms with Gasteiger partial charge in [-0.1, -0.05) is 0 Å². The quantitative estimate of drug-likeness (QED) is 0.519. The Morgan fingerprint density at radius 2 is 2.24 bits per heavy atom. The lowest BCUT2D eigenvalue weighted by molar-refractivity contribution is -0.384. The first-order valence-electron chi connectivity index (χ1n) is 4.52. The summed E-state index contributed by atoms with van der Waals surface area (Å²) in [5, 5.41) is 21.6. The summed E-state index contributed by atoms with van der Waals surface area (Å²) >= 11 is 0. The molecule has 1 rings (SSSR count). The third-order valence-corrected chi connectivity index (χ3v) is 1.82. The van der Waals surface area contributed by atoms with Gasteiger partial charge in [-0.05, 0) is 0 Å². The van der Waals surface area contributed by atoms with Gasteiger partial charge in [0.2, 0.25) is 0 Å². The van der Waals surface area contributed by atoms with Gasteiger partial charge in [0.1, 0.15) is 17.7 Å². The number of alkyl halides is 2. The topological polar surface area (TPSA) is 114 Å². The zero-order valence-electron chi connectivity index (χ0n) is 8.51. The number of anilines is 2. The minimum absolute atomic E-state index is 0.0450. The molecule has 0 saturated carbocycles. The van der Waals surface area contributed by atoms with Gasteiger partial charge in [0.05, 0.1) is 17.1 Å². The highest BCUT2D eigenvalue weighted by Crippen LogP contribution is 2.18. The summed E-state index contributed by atoms with van der Waals surface area (Å²) in [4.78, 5) is 13.4. The van der Waals surface area contributed by atoms with Crippen LogP contribution in [0.5, 0.6) is 0 Å². The Morgan fingerprint density at radius 1 is 1.59 bits per heavy atom. The van der Waals surface area contributed by atoms with Crippen LogP contribution in [0.2, 0.25) is 0 Å². The molecular weight excluding hydrogens is 238 g/mol. The Balaban J connectivity index is 2.74. The zero-order valence-corrected chi connectivity index (χ0v) is 8.51. The highest BCUT2D eigenvalue weighted by Gasteiger charge is 2.17. The lowest BCUT2D eigenvalue weighted by atomic mass is 10.3. The number of aromatic nitrogens is 1. The lowest BCUT2D eigenvalue weighted by Gasteiger charge is -2.11. The standard InChI is InChI=1S/C8H10F2N4O3/c9-8(10)5(15)3-12-7-2-4(14(16)17)1-6(11)13-7/h1-2,5,8,15H,3H2,(H3,11,12,13). The van der Waals surface area contributed by atoms with Gasteiger partial charge in [-0.3, -0.25) is 10.1 Å². The van der Waals surface area contributed by atoms with Crippen molar-refractivity contribution in [1.82, 2.24) is 4.98 Å². The van der Waals surface area contributed by atoms with E-state index in [-0.39, 0.29) is 17.3 Å². The second-order valence-electron chi connectivity index (χ2n) is 3.18. The molecular formula is C8H10F2N4O3. The first-order valence-corrected chi connectivity index (χ1v) is 4.52. The van der Waals surface area contributed by atoms with E-state index < -0.39 is 24.0 Å². The Labute approximate surface area is 94.4 Å². The van der Waals surface area contributed by atoms with Crippen LogP contribution in [0.3, 0.4) is 0 Å². The first kappa shape index (κ1) is 13.0. The molecule has 0 saturated heterocycles. The number of nitrogen functional groups attached to an aromatic ring is 1. The van der Waals surface area contributed by atoms with Crippen molar-refractivity contribution < 1.29 is 18.8 Å². The third kappa shape index (κ3) is 3.79. The maximum atomic E-state index is 12.0. The minimum Gasteiger partial charge on any atom is -0.385 e. The molecule has 1 atom stereocenters. The molecule has 1 aromatic heterocycles. The van der Waals surface area contributed by atoms with Crippen molar-refractivity contribution in [2.45, 2.75) is 12.5 Å². The van der Waals surface area contributed by atoms with Gasteiger partial charge in [-0.2, -0.15) is 0 Å². The van der Waals surface area contributed by atoms with E-state index >= 15 is 0 Å². The van der Waals surface area contributed by atoms with E-state index in [1.165, 1.54) is 0 Å². The molecule has 0 radical (unpaired) electrons. The van der Waals surface area contributed by atoms with Crippen molar-refractivity contribution in [2.24, 2.45) is 0 Å². The number of rotatable bonds is 5. The fourth-order valence-corrected chi connectivity index (χ4v) is 1.03. The summed E-state index contributed by atoms with van der Waals surface area (Å²) in [6.07, 6.45) is -4.78. The van der Waals surface area contributed by atoms with E-state index in [1.54, 1.807) is 0 Å². The second-order valence-corrected chi connectivity index (χ2v) is 3.18. The van der Waals surface area contributed by atoms with Crippen LogP contribution in [0, 0.1) is 10.1 Å². The molecule has 0 amide bonds. The van der Waals surface area contributed by atoms with Crippen molar-refractivity contribution in [3.8, 4) is 0 Å². The SMILES string of the molecule is Nc1cc([N+](=O)[O-])cc(NCC(O)C(F)F)n1. The molecule has 1 heterocycles. The molecule has 17 heavy (non-hydrogen) atoms. The third-order valence-electron chi connectivity index (χ3n) is 1.82. The van der Waals surface area contributed by atoms with Crippen molar-refractivity contribution >= 4 is 17.3 Å². The molecule has 0 spiro atoms. The number of nitrogens with zero attached hydrogens (tertiary/aromatic N) is 2. The summed E-state index contributed by atoms with van der Waals surface area (Å²) in [5.41, 5.74) is 4.98. The number of aliphatic hydroxyl groups is 1. The maximum absolute atomic E-state index is 12.0. The van der Waals surface area contributed by atoms with Crippen LogP contribution in [0.4, 0.5) is 26.1 Å². The number of nitrogens with one attached hydrogen (secondary N) is 1. The molecule has 0 fully saturated rings. The van der Waals surface area contributed by atoms with Crippen LogP contribution in [0.25, 0.3) is 0 Å². The molecule has 1 unspecified atom stereocenters. The number of nitro groups is 1. The number of aliphatic hydroxyl groups excluding tert-OH is 1. The van der Waals surface area contributed by atoms with Gasteiger partial charge in [0.25, 0.3) is 12.1 Å². The van der Waals surface area contributed by atoms with Crippen molar-refractivity contribution in [3.05, 3.63) is 22.2 Å². The first-order chi connectivity index (χ1) is 7.90. The fourth-order valence-electron chi connectivity index (χ4n) is 1.03. The molecule has 9 heteroatoms. The molecule has 94 valence electrons. The normalized spacial score (nSPS) is 12.5. The Bertz CT molecular complexity index is 416. The monoisotopic (exact) mass is 248 g/mol. The molecule has 0 aliphatic rings. The number of hydrogen-bond acceptors (Lipinski definition) is 6. The molecule has 0 aromatic carbocycles. The Hall–Kier alpha value is -2.03. The van der Waals surface area contributed by atoms with E-state index in [4.69, 9.17) is 10.8 Å². The lowest BCUT2D eigenvalue weighted by Crippen LogP contribution is -2.27. The van der Waals surface area contributed by atoms with Gasteiger partial charge in [0, 0.05) is 6.54 Å². The van der Waals surface area contributed by atoms with Crippen molar-refractivity contribution in [2.75, 3.05) is 17.6 Å². The fraction of sp³-hybridized carbons (Fsp3) is 0.375. The number of nitrogens with two attached hydrogens (primary N) is 1. The number of halogens is 2. The van der Waals surface area contributed by atoms with Gasteiger partial charge in [-0.15, -0.1) is 0 Å². The summed E-state index contributed by atoms with van der Waals surface area (Å²) < 4.78 is 23.9. The molecule has 1 aromatic rings. The molecule has 0 aliphatic carbocycles. The van der Waals surface area contributed by atoms with Gasteiger partial charge in [0.15, 0.2) is 0 Å². The smallest absolute Gasteiger partial charge is 0.276 e. The van der Waals surface area contributed by atoms with Crippen molar-refractivity contribution in [1.29, 1.82) is 0 Å². The zero-order chi connectivity index (χ0) is 13.0. The molecule has 4 N–H and O–H groups in total. The highest BCUT2D eigenvalue weighted by atomic mass is 19.3. The van der Waals surface area contributed by atoms with E-state index in [2.05, 4.69) is 10.3 Å². The van der Waals surface area contributed by atoms with Gasteiger partial charge >= 0.3 is 0 Å². The van der Waals surface area contributed by atoms with E-state index in [0.717, 1.165) is 12.1 Å². The molecule has 0 aliphatic heterocycles. The Kier molecular flexibility index (Phi) is 4.10. The second kappa shape index (κ2) is 5.34. The predicted molar refractivity (Wildman–Crippen MR) is 55.8 cm³/mol. The summed E-state index contributed by atoms with van der Waals surface area (Å²) in [6.45, 7) is -0.481. The highest BCUT2D eigenvalue weighted by molar-refractivity contribution is 5.52.